The van der Waals surface area contributed by atoms with Crippen LogP contribution in [0.4, 0.5) is 0 Å². The zero-order valence-electron chi connectivity index (χ0n) is 7.43. The Kier molecular flexibility index (Phi) is 5.17. The number of aromatic nitrogens is 2. The highest BCUT2D eigenvalue weighted by Gasteiger charge is 2.02. The summed E-state index contributed by atoms with van der Waals surface area (Å²) in [6, 6.07) is 0. The average molecular weight is 235 g/mol. The molecule has 1 heterocycles. The van der Waals surface area contributed by atoms with Crippen molar-refractivity contribution in [1.29, 1.82) is 0 Å². The second-order valence-corrected chi connectivity index (χ2v) is 4.10. The Morgan fingerprint density at radius 3 is 2.79 bits per heavy atom. The molecule has 0 amide bonds. The van der Waals surface area contributed by atoms with Crippen molar-refractivity contribution in [1.82, 2.24) is 9.97 Å². The van der Waals surface area contributed by atoms with E-state index in [0.717, 1.165) is 5.69 Å². The van der Waals surface area contributed by atoms with Gasteiger partial charge in [-0.15, -0.1) is 0 Å². The minimum atomic E-state index is -0.666. The summed E-state index contributed by atoms with van der Waals surface area (Å²) in [5, 5.41) is 18.0. The molecule has 4 nitrogen and oxygen atoms in total. The molecule has 14 heavy (non-hydrogen) atoms. The van der Waals surface area contributed by atoms with Gasteiger partial charge in [0.2, 0.25) is 0 Å². The van der Waals surface area contributed by atoms with E-state index in [4.69, 9.17) is 21.8 Å². The van der Waals surface area contributed by atoms with Gasteiger partial charge in [0.1, 0.15) is 5.15 Å². The van der Waals surface area contributed by atoms with Gasteiger partial charge in [-0.05, 0) is 0 Å². The smallest absolute Gasteiger partial charge is 0.147 e. The number of aliphatic hydroxyl groups excluding tert-OH is 2. The van der Waals surface area contributed by atoms with Gasteiger partial charge in [-0.25, -0.2) is 4.98 Å². The van der Waals surface area contributed by atoms with Crippen LogP contribution in [0.1, 0.15) is 5.69 Å². The third kappa shape index (κ3) is 4.23. The monoisotopic (exact) mass is 234 g/mol. The molecule has 1 unspecified atom stereocenters. The summed E-state index contributed by atoms with van der Waals surface area (Å²) in [6.45, 7) is -0.209. The van der Waals surface area contributed by atoms with Crippen LogP contribution in [-0.2, 0) is 5.75 Å². The third-order valence-corrected chi connectivity index (χ3v) is 2.76. The number of halogens is 1. The first-order chi connectivity index (χ1) is 6.72. The van der Waals surface area contributed by atoms with Crippen LogP contribution in [0.15, 0.2) is 12.4 Å². The Bertz CT molecular complexity index is 271. The van der Waals surface area contributed by atoms with Crippen LogP contribution in [-0.4, -0.2) is 38.6 Å². The lowest BCUT2D eigenvalue weighted by molar-refractivity contribution is 0.113. The van der Waals surface area contributed by atoms with E-state index in [1.807, 2.05) is 0 Å². The molecule has 0 fully saturated rings. The van der Waals surface area contributed by atoms with Crippen molar-refractivity contribution in [3.63, 3.8) is 0 Å². The second-order valence-electron chi connectivity index (χ2n) is 2.68. The number of hydrogen-bond donors (Lipinski definition) is 2. The lowest BCUT2D eigenvalue weighted by Gasteiger charge is -2.05. The molecule has 0 radical (unpaired) electrons. The molecule has 2 N–H and O–H groups in total. The fourth-order valence-electron chi connectivity index (χ4n) is 0.766. The van der Waals surface area contributed by atoms with Gasteiger partial charge in [0.05, 0.1) is 30.8 Å². The van der Waals surface area contributed by atoms with E-state index in [2.05, 4.69) is 9.97 Å². The fourth-order valence-corrected chi connectivity index (χ4v) is 1.72. The number of nitrogens with zero attached hydrogens (tertiary/aromatic N) is 2. The largest absolute Gasteiger partial charge is 0.394 e. The van der Waals surface area contributed by atoms with Crippen molar-refractivity contribution in [2.75, 3.05) is 12.4 Å². The van der Waals surface area contributed by atoms with Gasteiger partial charge in [0, 0.05) is 11.5 Å². The number of hydrogen-bond acceptors (Lipinski definition) is 5. The summed E-state index contributed by atoms with van der Waals surface area (Å²) in [6.07, 6.45) is 2.42. The van der Waals surface area contributed by atoms with E-state index >= 15 is 0 Å². The van der Waals surface area contributed by atoms with Gasteiger partial charge >= 0.3 is 0 Å². The summed E-state index contributed by atoms with van der Waals surface area (Å²) < 4.78 is 0. The molecule has 78 valence electrons. The highest BCUT2D eigenvalue weighted by Crippen LogP contribution is 2.11. The van der Waals surface area contributed by atoms with Gasteiger partial charge in [-0.2, -0.15) is 11.8 Å². The van der Waals surface area contributed by atoms with Crippen LogP contribution in [0.3, 0.4) is 0 Å². The molecular formula is C8H11ClN2O2S. The summed E-state index contributed by atoms with van der Waals surface area (Å²) in [5.74, 6) is 1.14. The molecule has 6 heteroatoms. The predicted octanol–water partition coefficient (Wildman–Crippen LogP) is 0.716. The molecule has 1 aromatic heterocycles. The maximum atomic E-state index is 9.05. The van der Waals surface area contributed by atoms with E-state index in [0.29, 0.717) is 16.7 Å². The second kappa shape index (κ2) is 6.19. The maximum Gasteiger partial charge on any atom is 0.147 e. The topological polar surface area (TPSA) is 66.2 Å². The number of thioether (sulfide) groups is 1. The minimum absolute atomic E-state index is 0.209. The van der Waals surface area contributed by atoms with Gasteiger partial charge in [0.25, 0.3) is 0 Å². The Balaban J connectivity index is 2.28. The quantitative estimate of drug-likeness (QED) is 0.786. The minimum Gasteiger partial charge on any atom is -0.394 e. The summed E-state index contributed by atoms with van der Waals surface area (Å²) in [5.41, 5.74) is 0.810. The standard InChI is InChI=1S/C8H11ClN2O2S/c9-8-2-10-6(1-11-8)4-14-5-7(13)3-12/h1-2,7,12-13H,3-5H2. The lowest BCUT2D eigenvalue weighted by atomic mass is 10.4. The first kappa shape index (κ1) is 11.7. The Labute approximate surface area is 91.3 Å². The van der Waals surface area contributed by atoms with Crippen LogP contribution in [0.2, 0.25) is 5.15 Å². The first-order valence-electron chi connectivity index (χ1n) is 4.05. The van der Waals surface area contributed by atoms with Crippen molar-refractivity contribution in [2.24, 2.45) is 0 Å². The molecule has 0 spiro atoms. The molecule has 0 aliphatic rings. The zero-order valence-corrected chi connectivity index (χ0v) is 9.00. The summed E-state index contributed by atoms with van der Waals surface area (Å²) in [4.78, 5) is 7.92. The molecule has 0 saturated heterocycles. The van der Waals surface area contributed by atoms with E-state index in [1.54, 1.807) is 6.20 Å². The number of aliphatic hydroxyl groups is 2. The fraction of sp³-hybridized carbons (Fsp3) is 0.500. The van der Waals surface area contributed by atoms with Crippen molar-refractivity contribution in [3.8, 4) is 0 Å². The molecule has 1 aromatic rings. The Morgan fingerprint density at radius 1 is 1.43 bits per heavy atom. The van der Waals surface area contributed by atoms with Gasteiger partial charge in [-0.3, -0.25) is 4.98 Å². The van der Waals surface area contributed by atoms with Gasteiger partial charge in [0.15, 0.2) is 0 Å². The summed E-state index contributed by atoms with van der Waals surface area (Å²) >= 11 is 7.05. The number of rotatable bonds is 5. The molecular weight excluding hydrogens is 224 g/mol. The SMILES string of the molecule is OCC(O)CSCc1cnc(Cl)cn1. The molecule has 0 saturated carbocycles. The van der Waals surface area contributed by atoms with E-state index < -0.39 is 6.10 Å². The van der Waals surface area contributed by atoms with Crippen LogP contribution in [0.25, 0.3) is 0 Å². The molecule has 0 aliphatic carbocycles. The van der Waals surface area contributed by atoms with Gasteiger partial charge in [-0.1, -0.05) is 11.6 Å². The maximum absolute atomic E-state index is 9.05. The summed E-state index contributed by atoms with van der Waals surface area (Å²) in [7, 11) is 0. The molecule has 1 atom stereocenters. The van der Waals surface area contributed by atoms with Crippen molar-refractivity contribution < 1.29 is 10.2 Å². The highest BCUT2D eigenvalue weighted by molar-refractivity contribution is 7.98. The molecule has 1 rings (SSSR count). The molecule has 0 aromatic carbocycles. The van der Waals surface area contributed by atoms with Crippen LogP contribution < -0.4 is 0 Å². The zero-order chi connectivity index (χ0) is 10.4. The molecule has 0 bridgehead atoms. The van der Waals surface area contributed by atoms with Crippen LogP contribution >= 0.6 is 23.4 Å². The lowest BCUT2D eigenvalue weighted by Crippen LogP contribution is -2.14. The third-order valence-electron chi connectivity index (χ3n) is 1.44. The van der Waals surface area contributed by atoms with Crippen molar-refractivity contribution in [2.45, 2.75) is 11.9 Å². The van der Waals surface area contributed by atoms with Gasteiger partial charge < -0.3 is 10.2 Å². The van der Waals surface area contributed by atoms with Crippen molar-refractivity contribution in [3.05, 3.63) is 23.2 Å². The van der Waals surface area contributed by atoms with Crippen LogP contribution in [0, 0.1) is 0 Å². The Hall–Kier alpha value is -0.360. The first-order valence-corrected chi connectivity index (χ1v) is 5.58. The molecule has 0 aliphatic heterocycles. The van der Waals surface area contributed by atoms with E-state index in [1.165, 1.54) is 18.0 Å². The van der Waals surface area contributed by atoms with Crippen LogP contribution in [0.5, 0.6) is 0 Å². The van der Waals surface area contributed by atoms with Crippen molar-refractivity contribution >= 4 is 23.4 Å². The predicted molar refractivity (Wildman–Crippen MR) is 56.3 cm³/mol. The normalized spacial score (nSPS) is 12.8. The Morgan fingerprint density at radius 2 is 2.21 bits per heavy atom. The van der Waals surface area contributed by atoms with E-state index in [9.17, 15) is 0 Å². The highest BCUT2D eigenvalue weighted by atomic mass is 35.5. The van der Waals surface area contributed by atoms with E-state index in [-0.39, 0.29) is 6.61 Å². The average Bonchev–Trinajstić information content (AvgIpc) is 2.21.